The van der Waals surface area contributed by atoms with E-state index in [1.807, 2.05) is 38.1 Å². The summed E-state index contributed by atoms with van der Waals surface area (Å²) in [5.41, 5.74) is 2.40. The summed E-state index contributed by atoms with van der Waals surface area (Å²) >= 11 is 2.51. The number of carbonyl (C=O) groups is 1. The van der Waals surface area contributed by atoms with Crippen LogP contribution >= 0.6 is 23.1 Å². The summed E-state index contributed by atoms with van der Waals surface area (Å²) < 4.78 is 6.18. The summed E-state index contributed by atoms with van der Waals surface area (Å²) in [6.45, 7) is 6.04. The number of hydrogen-bond donors (Lipinski definition) is 2. The van der Waals surface area contributed by atoms with E-state index in [0.717, 1.165) is 11.3 Å². The molecule has 0 bridgehead atoms. The van der Waals surface area contributed by atoms with Crippen LogP contribution in [0.3, 0.4) is 0 Å². The van der Waals surface area contributed by atoms with Crippen molar-refractivity contribution in [2.24, 2.45) is 0 Å². The van der Waals surface area contributed by atoms with Crippen LogP contribution < -0.4 is 15.4 Å². The lowest BCUT2D eigenvalue weighted by Gasteiger charge is -2.10. The Morgan fingerprint density at radius 1 is 1.23 bits per heavy atom. The molecule has 1 aromatic heterocycles. The third kappa shape index (κ3) is 5.70. The summed E-state index contributed by atoms with van der Waals surface area (Å²) in [6, 6.07) is 10.6. The molecule has 2 aromatic carbocycles. The highest BCUT2D eigenvalue weighted by Gasteiger charge is 2.20. The summed E-state index contributed by atoms with van der Waals surface area (Å²) in [6.07, 6.45) is 0. The van der Waals surface area contributed by atoms with E-state index >= 15 is 0 Å². The minimum atomic E-state index is -0.502. The Bertz CT molecular complexity index is 1100. The number of aryl methyl sites for hydroxylation is 1. The third-order valence-electron chi connectivity index (χ3n) is 4.34. The van der Waals surface area contributed by atoms with E-state index in [1.54, 1.807) is 13.0 Å². The van der Waals surface area contributed by atoms with Gasteiger partial charge in [-0.1, -0.05) is 41.3 Å². The number of carbonyl (C=O) groups excluding carboxylic acids is 1. The molecular formula is C20H21N5O4S2. The Morgan fingerprint density at radius 3 is 2.74 bits per heavy atom. The van der Waals surface area contributed by atoms with Crippen molar-refractivity contribution in [3.8, 4) is 5.75 Å². The topological polar surface area (TPSA) is 119 Å². The van der Waals surface area contributed by atoms with Crippen molar-refractivity contribution in [2.45, 2.75) is 25.1 Å². The van der Waals surface area contributed by atoms with Crippen LogP contribution in [0.5, 0.6) is 5.75 Å². The maximum atomic E-state index is 12.4. The van der Waals surface area contributed by atoms with Crippen molar-refractivity contribution in [3.63, 3.8) is 0 Å². The highest BCUT2D eigenvalue weighted by atomic mass is 32.2. The number of benzene rings is 2. The molecule has 0 fully saturated rings. The number of rotatable bonds is 9. The van der Waals surface area contributed by atoms with E-state index in [-0.39, 0.29) is 23.0 Å². The Hall–Kier alpha value is -3.18. The summed E-state index contributed by atoms with van der Waals surface area (Å²) in [5.74, 6) is 0.409. The Morgan fingerprint density at radius 2 is 2.00 bits per heavy atom. The molecule has 3 rings (SSSR count). The van der Waals surface area contributed by atoms with Crippen molar-refractivity contribution in [1.82, 2.24) is 10.2 Å². The molecule has 1 amide bonds. The number of amides is 1. The first kappa shape index (κ1) is 22.5. The molecule has 0 aliphatic rings. The number of nitro groups is 1. The van der Waals surface area contributed by atoms with Crippen LogP contribution in [0, 0.1) is 24.0 Å². The predicted octanol–water partition coefficient (Wildman–Crippen LogP) is 4.94. The van der Waals surface area contributed by atoms with E-state index in [9.17, 15) is 14.9 Å². The molecule has 1 heterocycles. The van der Waals surface area contributed by atoms with E-state index in [4.69, 9.17) is 4.74 Å². The van der Waals surface area contributed by atoms with E-state index in [1.165, 1.54) is 29.2 Å². The minimum absolute atomic E-state index is 0.0503. The number of nitro benzene ring substituents is 1. The smallest absolute Gasteiger partial charge is 0.293 e. The van der Waals surface area contributed by atoms with Gasteiger partial charge >= 0.3 is 0 Å². The van der Waals surface area contributed by atoms with Crippen LogP contribution in [0.4, 0.5) is 22.2 Å². The van der Waals surface area contributed by atoms with Gasteiger partial charge in [-0.2, -0.15) is 0 Å². The first-order valence-electron chi connectivity index (χ1n) is 9.38. The minimum Gasteiger partial charge on any atom is -0.492 e. The van der Waals surface area contributed by atoms with Crippen molar-refractivity contribution in [1.29, 1.82) is 0 Å². The maximum absolute atomic E-state index is 12.4. The van der Waals surface area contributed by atoms with E-state index in [2.05, 4.69) is 20.8 Å². The molecule has 0 unspecified atom stereocenters. The van der Waals surface area contributed by atoms with Crippen molar-refractivity contribution < 1.29 is 14.5 Å². The summed E-state index contributed by atoms with van der Waals surface area (Å²) in [5, 5.41) is 25.9. The largest absolute Gasteiger partial charge is 0.492 e. The highest BCUT2D eigenvalue weighted by Crippen LogP contribution is 2.33. The number of nitrogens with zero attached hydrogens (tertiary/aromatic N) is 3. The lowest BCUT2D eigenvalue weighted by atomic mass is 10.1. The van der Waals surface area contributed by atoms with E-state index < -0.39 is 4.92 Å². The quantitative estimate of drug-likeness (QED) is 0.262. The molecule has 0 aliphatic carbocycles. The van der Waals surface area contributed by atoms with Crippen molar-refractivity contribution in [3.05, 3.63) is 57.6 Å². The normalized spacial score (nSPS) is 10.5. The van der Waals surface area contributed by atoms with Gasteiger partial charge in [-0.25, -0.2) is 0 Å². The molecule has 0 atom stereocenters. The number of para-hydroxylation sites is 2. The first-order chi connectivity index (χ1) is 14.9. The Kier molecular flexibility index (Phi) is 7.42. The Labute approximate surface area is 187 Å². The summed E-state index contributed by atoms with van der Waals surface area (Å²) in [7, 11) is 0. The van der Waals surface area contributed by atoms with Crippen LogP contribution in [0.15, 0.2) is 40.7 Å². The fourth-order valence-electron chi connectivity index (χ4n) is 2.70. The molecular weight excluding hydrogens is 438 g/mol. The van der Waals surface area contributed by atoms with Gasteiger partial charge < -0.3 is 15.4 Å². The lowest BCUT2D eigenvalue weighted by molar-refractivity contribution is -0.384. The number of thioether (sulfide) groups is 1. The number of aromatic nitrogens is 2. The van der Waals surface area contributed by atoms with Crippen molar-refractivity contribution in [2.75, 3.05) is 23.0 Å². The van der Waals surface area contributed by atoms with Gasteiger partial charge in [-0.05, 0) is 44.0 Å². The maximum Gasteiger partial charge on any atom is 0.293 e. The molecule has 162 valence electrons. The second-order valence-corrected chi connectivity index (χ2v) is 8.62. The molecule has 0 saturated heterocycles. The third-order valence-corrected chi connectivity index (χ3v) is 6.31. The molecule has 0 aliphatic heterocycles. The molecule has 0 spiro atoms. The lowest BCUT2D eigenvalue weighted by Crippen LogP contribution is -2.16. The fraction of sp³-hybridized carbons (Fsp3) is 0.250. The zero-order valence-electron chi connectivity index (χ0n) is 17.2. The van der Waals surface area contributed by atoms with E-state index in [0.29, 0.717) is 27.4 Å². The standard InChI is InChI=1S/C20H21N5O4S2/c1-4-29-16-8-6-5-7-14(16)21-19-23-24-20(31-19)30-11-17(26)22-18-13(3)12(2)9-10-15(18)25(27)28/h5-10H,4,11H2,1-3H3,(H,21,23)(H,22,26). The average molecular weight is 460 g/mol. The second-order valence-electron chi connectivity index (χ2n) is 6.42. The number of hydrogen-bond acceptors (Lipinski definition) is 9. The van der Waals surface area contributed by atoms with Gasteiger partial charge in [0.15, 0.2) is 4.34 Å². The van der Waals surface area contributed by atoms with Gasteiger partial charge in [-0.3, -0.25) is 14.9 Å². The van der Waals surface area contributed by atoms with Crippen LogP contribution in [0.1, 0.15) is 18.1 Å². The van der Waals surface area contributed by atoms with Gasteiger partial charge in [0, 0.05) is 6.07 Å². The number of ether oxygens (including phenoxy) is 1. The molecule has 31 heavy (non-hydrogen) atoms. The van der Waals surface area contributed by atoms with Crippen molar-refractivity contribution >= 4 is 51.2 Å². The number of nitrogens with one attached hydrogen (secondary N) is 2. The van der Waals surface area contributed by atoms with Gasteiger partial charge in [-0.15, -0.1) is 10.2 Å². The van der Waals surface area contributed by atoms with Gasteiger partial charge in [0.2, 0.25) is 11.0 Å². The van der Waals surface area contributed by atoms with Crippen LogP contribution in [0.25, 0.3) is 0 Å². The predicted molar refractivity (Wildman–Crippen MR) is 123 cm³/mol. The molecule has 3 aromatic rings. The van der Waals surface area contributed by atoms with Gasteiger partial charge in [0.25, 0.3) is 5.69 Å². The molecule has 0 radical (unpaired) electrons. The second kappa shape index (κ2) is 10.2. The molecule has 11 heteroatoms. The van der Waals surface area contributed by atoms with Gasteiger partial charge in [0.05, 0.1) is 23.0 Å². The molecule has 0 saturated carbocycles. The van der Waals surface area contributed by atoms with Gasteiger partial charge in [0.1, 0.15) is 11.4 Å². The zero-order chi connectivity index (χ0) is 22.4. The average Bonchev–Trinajstić information content (AvgIpc) is 3.19. The van der Waals surface area contributed by atoms with Crippen LogP contribution in [-0.2, 0) is 4.79 Å². The summed E-state index contributed by atoms with van der Waals surface area (Å²) in [4.78, 5) is 23.2. The number of anilines is 3. The monoisotopic (exact) mass is 459 g/mol. The highest BCUT2D eigenvalue weighted by molar-refractivity contribution is 8.01. The SMILES string of the molecule is CCOc1ccccc1Nc1nnc(SCC(=O)Nc2c([N+](=O)[O-])ccc(C)c2C)s1. The van der Waals surface area contributed by atoms with Crippen LogP contribution in [-0.4, -0.2) is 33.4 Å². The zero-order valence-corrected chi connectivity index (χ0v) is 18.8. The Balaban J connectivity index is 1.62. The fourth-order valence-corrected chi connectivity index (χ4v) is 4.26. The first-order valence-corrected chi connectivity index (χ1v) is 11.2. The molecule has 9 nitrogen and oxygen atoms in total. The molecule has 2 N–H and O–H groups in total. The van der Waals surface area contributed by atoms with Crippen LogP contribution in [0.2, 0.25) is 0 Å².